The quantitative estimate of drug-likeness (QED) is 0.854. The molecular weight excluding hydrogens is 268 g/mol. The molecule has 0 saturated carbocycles. The number of carbonyl (C=O) groups is 1. The van der Waals surface area contributed by atoms with E-state index in [1.54, 1.807) is 12.3 Å². The van der Waals surface area contributed by atoms with Crippen LogP contribution < -0.4 is 10.6 Å². The summed E-state index contributed by atoms with van der Waals surface area (Å²) in [5.41, 5.74) is 1.75. The molecule has 1 aromatic carbocycles. The van der Waals surface area contributed by atoms with Crippen LogP contribution >= 0.6 is 0 Å². The predicted octanol–water partition coefficient (Wildman–Crippen LogP) is 3.53. The van der Waals surface area contributed by atoms with E-state index in [4.69, 9.17) is 9.15 Å². The van der Waals surface area contributed by atoms with Crippen LogP contribution in [0.4, 0.5) is 10.5 Å². The van der Waals surface area contributed by atoms with Crippen molar-refractivity contribution < 1.29 is 13.9 Å². The van der Waals surface area contributed by atoms with E-state index in [2.05, 4.69) is 10.6 Å². The van der Waals surface area contributed by atoms with Crippen LogP contribution in [0.2, 0.25) is 0 Å². The Morgan fingerprint density at radius 3 is 2.86 bits per heavy atom. The molecular formula is C16H20N2O3. The molecule has 0 atom stereocenters. The summed E-state index contributed by atoms with van der Waals surface area (Å²) >= 11 is 0. The topological polar surface area (TPSA) is 63.5 Å². The van der Waals surface area contributed by atoms with Gasteiger partial charge in [-0.15, -0.1) is 0 Å². The molecule has 2 rings (SSSR count). The van der Waals surface area contributed by atoms with Gasteiger partial charge in [-0.25, -0.2) is 4.79 Å². The number of anilines is 1. The van der Waals surface area contributed by atoms with Crippen LogP contribution in [0.15, 0.2) is 47.1 Å². The number of hydrogen-bond acceptors (Lipinski definition) is 3. The number of ether oxygens (including phenoxy) is 1. The van der Waals surface area contributed by atoms with Crippen LogP contribution in [-0.4, -0.2) is 12.1 Å². The Bertz CT molecular complexity index is 565. The highest BCUT2D eigenvalue weighted by Gasteiger charge is 2.04. The summed E-state index contributed by atoms with van der Waals surface area (Å²) in [4.78, 5) is 11.8. The van der Waals surface area contributed by atoms with Crippen molar-refractivity contribution in [2.45, 2.75) is 33.1 Å². The van der Waals surface area contributed by atoms with Gasteiger partial charge in [-0.3, -0.25) is 0 Å². The molecule has 5 nitrogen and oxygen atoms in total. The van der Waals surface area contributed by atoms with Crippen LogP contribution in [0.3, 0.4) is 0 Å². The Balaban J connectivity index is 1.84. The first-order chi connectivity index (χ1) is 10.1. The summed E-state index contributed by atoms with van der Waals surface area (Å²) in [6.07, 6.45) is 1.76. The van der Waals surface area contributed by atoms with Gasteiger partial charge in [-0.2, -0.15) is 0 Å². The molecule has 1 aromatic heterocycles. The minimum absolute atomic E-state index is 0.179. The second-order valence-corrected chi connectivity index (χ2v) is 4.95. The van der Waals surface area contributed by atoms with Crippen molar-refractivity contribution >= 4 is 11.7 Å². The molecule has 1 heterocycles. The van der Waals surface area contributed by atoms with Crippen molar-refractivity contribution in [3.05, 3.63) is 54.0 Å². The monoisotopic (exact) mass is 288 g/mol. The summed E-state index contributed by atoms with van der Waals surface area (Å²) in [7, 11) is 0. The summed E-state index contributed by atoms with van der Waals surface area (Å²) in [5, 5.41) is 5.51. The van der Waals surface area contributed by atoms with Gasteiger partial charge in [0.05, 0.1) is 25.5 Å². The van der Waals surface area contributed by atoms with Crippen LogP contribution in [0, 0.1) is 0 Å². The maximum Gasteiger partial charge on any atom is 0.319 e. The number of furan rings is 1. The lowest BCUT2D eigenvalue weighted by Gasteiger charge is -2.10. The third kappa shape index (κ3) is 5.31. The Morgan fingerprint density at radius 1 is 1.29 bits per heavy atom. The highest BCUT2D eigenvalue weighted by molar-refractivity contribution is 5.89. The second kappa shape index (κ2) is 7.50. The number of benzene rings is 1. The molecule has 112 valence electrons. The van der Waals surface area contributed by atoms with Gasteiger partial charge < -0.3 is 19.8 Å². The molecule has 2 amide bonds. The van der Waals surface area contributed by atoms with Gasteiger partial charge in [0.25, 0.3) is 0 Å². The highest BCUT2D eigenvalue weighted by Crippen LogP contribution is 2.12. The van der Waals surface area contributed by atoms with Gasteiger partial charge >= 0.3 is 6.03 Å². The molecule has 0 aliphatic carbocycles. The van der Waals surface area contributed by atoms with Crippen molar-refractivity contribution in [1.29, 1.82) is 0 Å². The van der Waals surface area contributed by atoms with Gasteiger partial charge in [0.15, 0.2) is 0 Å². The zero-order valence-corrected chi connectivity index (χ0v) is 12.3. The fourth-order valence-corrected chi connectivity index (χ4v) is 1.76. The zero-order chi connectivity index (χ0) is 15.1. The molecule has 0 spiro atoms. The van der Waals surface area contributed by atoms with Crippen molar-refractivity contribution in [1.82, 2.24) is 5.32 Å². The van der Waals surface area contributed by atoms with Gasteiger partial charge in [-0.1, -0.05) is 12.1 Å². The summed E-state index contributed by atoms with van der Waals surface area (Å²) in [5.74, 6) is 0.712. The van der Waals surface area contributed by atoms with Crippen molar-refractivity contribution in [3.8, 4) is 0 Å². The van der Waals surface area contributed by atoms with Gasteiger partial charge in [0, 0.05) is 5.69 Å². The first-order valence-corrected chi connectivity index (χ1v) is 6.91. The summed E-state index contributed by atoms with van der Waals surface area (Å²) in [6, 6.07) is 10.9. The lowest BCUT2D eigenvalue weighted by atomic mass is 10.2. The molecule has 0 fully saturated rings. The third-order valence-corrected chi connectivity index (χ3v) is 2.77. The molecule has 2 N–H and O–H groups in total. The Hall–Kier alpha value is -2.27. The standard InChI is InChI=1S/C16H20N2O3/c1-12(2)21-11-13-5-3-6-14(9-13)18-16(19)17-10-15-7-4-8-20-15/h3-9,12H,10-11H2,1-2H3,(H2,17,18,19). The number of amides is 2. The van der Waals surface area contributed by atoms with E-state index in [-0.39, 0.29) is 12.1 Å². The molecule has 5 heteroatoms. The number of nitrogens with one attached hydrogen (secondary N) is 2. The Labute approximate surface area is 124 Å². The molecule has 0 aliphatic rings. The maximum absolute atomic E-state index is 11.8. The second-order valence-electron chi connectivity index (χ2n) is 4.95. The Morgan fingerprint density at radius 2 is 2.14 bits per heavy atom. The largest absolute Gasteiger partial charge is 0.467 e. The van der Waals surface area contributed by atoms with Crippen LogP contribution in [0.5, 0.6) is 0 Å². The normalized spacial score (nSPS) is 10.6. The molecule has 0 unspecified atom stereocenters. The highest BCUT2D eigenvalue weighted by atomic mass is 16.5. The molecule has 0 bridgehead atoms. The van der Waals surface area contributed by atoms with E-state index in [1.165, 1.54) is 0 Å². The first-order valence-electron chi connectivity index (χ1n) is 6.91. The van der Waals surface area contributed by atoms with Gasteiger partial charge in [0.2, 0.25) is 0 Å². The maximum atomic E-state index is 11.8. The fourth-order valence-electron chi connectivity index (χ4n) is 1.76. The SMILES string of the molecule is CC(C)OCc1cccc(NC(=O)NCc2ccco2)c1. The first kappa shape index (κ1) is 15.1. The van der Waals surface area contributed by atoms with Crippen LogP contribution in [0.25, 0.3) is 0 Å². The lowest BCUT2D eigenvalue weighted by Crippen LogP contribution is -2.28. The average molecular weight is 288 g/mol. The summed E-state index contributed by atoms with van der Waals surface area (Å²) < 4.78 is 10.7. The molecule has 0 radical (unpaired) electrons. The average Bonchev–Trinajstić information content (AvgIpc) is 2.97. The van der Waals surface area contributed by atoms with Crippen molar-refractivity contribution in [2.75, 3.05) is 5.32 Å². The van der Waals surface area contributed by atoms with Crippen molar-refractivity contribution in [3.63, 3.8) is 0 Å². The number of rotatable bonds is 6. The third-order valence-electron chi connectivity index (χ3n) is 2.77. The van der Waals surface area contributed by atoms with E-state index in [0.29, 0.717) is 18.9 Å². The van der Waals surface area contributed by atoms with E-state index >= 15 is 0 Å². The van der Waals surface area contributed by atoms with Crippen molar-refractivity contribution in [2.24, 2.45) is 0 Å². The van der Waals surface area contributed by atoms with E-state index in [9.17, 15) is 4.79 Å². The number of carbonyl (C=O) groups excluding carboxylic acids is 1. The van der Waals surface area contributed by atoms with Crippen LogP contribution in [-0.2, 0) is 17.9 Å². The summed E-state index contributed by atoms with van der Waals surface area (Å²) in [6.45, 7) is 4.87. The number of urea groups is 1. The van der Waals surface area contributed by atoms with Gasteiger partial charge in [-0.05, 0) is 43.7 Å². The molecule has 2 aromatic rings. The minimum Gasteiger partial charge on any atom is -0.467 e. The zero-order valence-electron chi connectivity index (χ0n) is 12.3. The Kier molecular flexibility index (Phi) is 5.40. The molecule has 0 saturated heterocycles. The van der Waals surface area contributed by atoms with E-state index in [0.717, 1.165) is 11.3 Å². The van der Waals surface area contributed by atoms with Crippen LogP contribution in [0.1, 0.15) is 25.2 Å². The van der Waals surface area contributed by atoms with E-state index < -0.39 is 0 Å². The molecule has 21 heavy (non-hydrogen) atoms. The molecule has 0 aliphatic heterocycles. The lowest BCUT2D eigenvalue weighted by molar-refractivity contribution is 0.0657. The van der Waals surface area contributed by atoms with E-state index in [1.807, 2.05) is 44.2 Å². The predicted molar refractivity (Wildman–Crippen MR) is 80.9 cm³/mol. The smallest absolute Gasteiger partial charge is 0.319 e. The fraction of sp³-hybridized carbons (Fsp3) is 0.312. The van der Waals surface area contributed by atoms with Gasteiger partial charge in [0.1, 0.15) is 5.76 Å². The minimum atomic E-state index is -0.270. The number of hydrogen-bond donors (Lipinski definition) is 2.